The van der Waals surface area contributed by atoms with Crippen LogP contribution in [0.2, 0.25) is 0 Å². The summed E-state index contributed by atoms with van der Waals surface area (Å²) in [5.74, 6) is 0. The predicted molar refractivity (Wildman–Crippen MR) is 92.1 cm³/mol. The molecule has 2 aliphatic heterocycles. The van der Waals surface area contributed by atoms with Crippen LogP contribution >= 0.6 is 0 Å². The quantitative estimate of drug-likeness (QED) is 0.804. The van der Waals surface area contributed by atoms with Gasteiger partial charge in [0.2, 0.25) is 0 Å². The third-order valence-corrected chi connectivity index (χ3v) is 5.70. The molecule has 2 heterocycles. The van der Waals surface area contributed by atoms with Crippen LogP contribution in [0.5, 0.6) is 0 Å². The summed E-state index contributed by atoms with van der Waals surface area (Å²) in [6.07, 6.45) is 5.27. The minimum absolute atomic E-state index is 0.249. The number of benzene rings is 1. The molecule has 1 spiro atoms. The molecule has 2 nitrogen and oxygen atoms in total. The highest BCUT2D eigenvalue weighted by molar-refractivity contribution is 5.27. The molecule has 0 saturated carbocycles. The van der Waals surface area contributed by atoms with E-state index in [0.29, 0.717) is 5.41 Å². The Morgan fingerprint density at radius 2 is 1.55 bits per heavy atom. The van der Waals surface area contributed by atoms with Crippen molar-refractivity contribution in [3.8, 4) is 0 Å². The van der Waals surface area contributed by atoms with Crippen molar-refractivity contribution in [3.05, 3.63) is 35.4 Å². The van der Waals surface area contributed by atoms with E-state index in [0.717, 1.165) is 19.8 Å². The lowest BCUT2D eigenvalue weighted by atomic mass is 9.72. The summed E-state index contributed by atoms with van der Waals surface area (Å²) in [5.41, 5.74) is 3.73. The normalized spacial score (nSPS) is 22.9. The summed E-state index contributed by atoms with van der Waals surface area (Å²) in [6, 6.07) is 9.25. The average molecular weight is 301 g/mol. The van der Waals surface area contributed by atoms with E-state index < -0.39 is 0 Å². The lowest BCUT2D eigenvalue weighted by Crippen LogP contribution is -2.42. The van der Waals surface area contributed by atoms with Crippen LogP contribution in [0.1, 0.15) is 57.6 Å². The Bertz CT molecular complexity index is 469. The summed E-state index contributed by atoms with van der Waals surface area (Å²) in [6.45, 7) is 12.4. The molecule has 0 atom stereocenters. The molecular weight excluding hydrogens is 270 g/mol. The molecule has 0 N–H and O–H groups in total. The van der Waals surface area contributed by atoms with Crippen molar-refractivity contribution in [2.75, 3.05) is 26.3 Å². The molecule has 22 heavy (non-hydrogen) atoms. The summed E-state index contributed by atoms with van der Waals surface area (Å²) < 4.78 is 5.54. The largest absolute Gasteiger partial charge is 0.381 e. The van der Waals surface area contributed by atoms with Crippen molar-refractivity contribution in [1.29, 1.82) is 0 Å². The Labute approximate surface area is 135 Å². The first-order valence-corrected chi connectivity index (χ1v) is 8.87. The fourth-order valence-electron chi connectivity index (χ4n) is 3.86. The highest BCUT2D eigenvalue weighted by Gasteiger charge is 2.35. The second-order valence-corrected chi connectivity index (χ2v) is 8.34. The van der Waals surface area contributed by atoms with E-state index in [4.69, 9.17) is 4.74 Å². The predicted octanol–water partition coefficient (Wildman–Crippen LogP) is 4.38. The fourth-order valence-corrected chi connectivity index (χ4v) is 3.86. The first-order valence-electron chi connectivity index (χ1n) is 8.87. The van der Waals surface area contributed by atoms with E-state index in [1.165, 1.54) is 49.9 Å². The van der Waals surface area contributed by atoms with Crippen molar-refractivity contribution >= 4 is 0 Å². The minimum Gasteiger partial charge on any atom is -0.381 e. The summed E-state index contributed by atoms with van der Waals surface area (Å²) in [5, 5.41) is 0. The molecule has 0 radical (unpaired) electrons. The average Bonchev–Trinajstić information content (AvgIpc) is 2.50. The number of nitrogens with zero attached hydrogens (tertiary/aromatic N) is 1. The molecule has 0 bridgehead atoms. The number of piperidine rings is 1. The van der Waals surface area contributed by atoms with Crippen molar-refractivity contribution in [2.24, 2.45) is 5.41 Å². The van der Waals surface area contributed by atoms with Crippen LogP contribution in [0.25, 0.3) is 0 Å². The van der Waals surface area contributed by atoms with Gasteiger partial charge in [-0.15, -0.1) is 0 Å². The fraction of sp³-hybridized carbons (Fsp3) is 0.700. The number of hydrogen-bond donors (Lipinski definition) is 0. The highest BCUT2D eigenvalue weighted by Crippen LogP contribution is 2.40. The number of hydrogen-bond acceptors (Lipinski definition) is 2. The monoisotopic (exact) mass is 301 g/mol. The first kappa shape index (κ1) is 16.0. The summed E-state index contributed by atoms with van der Waals surface area (Å²) in [7, 11) is 0. The zero-order chi connectivity index (χ0) is 15.6. The molecule has 1 aromatic carbocycles. The lowest BCUT2D eigenvalue weighted by Gasteiger charge is -2.44. The Balaban J connectivity index is 1.54. The van der Waals surface area contributed by atoms with E-state index >= 15 is 0 Å². The van der Waals surface area contributed by atoms with Gasteiger partial charge in [-0.1, -0.05) is 45.0 Å². The smallest absolute Gasteiger partial charge is 0.0471 e. The maximum atomic E-state index is 5.54. The Hall–Kier alpha value is -0.860. The zero-order valence-corrected chi connectivity index (χ0v) is 14.5. The van der Waals surface area contributed by atoms with Crippen LogP contribution in [0, 0.1) is 5.41 Å². The minimum atomic E-state index is 0.249. The van der Waals surface area contributed by atoms with E-state index in [-0.39, 0.29) is 5.41 Å². The molecule has 2 saturated heterocycles. The molecule has 2 fully saturated rings. The van der Waals surface area contributed by atoms with Crippen LogP contribution in [-0.2, 0) is 16.7 Å². The third kappa shape index (κ3) is 3.72. The maximum absolute atomic E-state index is 5.54. The van der Waals surface area contributed by atoms with Gasteiger partial charge in [0.1, 0.15) is 0 Å². The molecule has 3 rings (SSSR count). The number of rotatable bonds is 2. The number of likely N-dealkylation sites (tertiary alicyclic amines) is 1. The summed E-state index contributed by atoms with van der Waals surface area (Å²) in [4.78, 5) is 2.63. The van der Waals surface area contributed by atoms with Gasteiger partial charge in [0, 0.05) is 19.8 Å². The maximum Gasteiger partial charge on any atom is 0.0471 e. The van der Waals surface area contributed by atoms with Gasteiger partial charge in [-0.2, -0.15) is 0 Å². The second kappa shape index (κ2) is 6.33. The van der Waals surface area contributed by atoms with Crippen molar-refractivity contribution < 1.29 is 4.74 Å². The lowest BCUT2D eigenvalue weighted by molar-refractivity contribution is -0.0217. The Morgan fingerprint density at radius 1 is 0.955 bits per heavy atom. The standard InChI is InChI=1S/C20H31NO/c1-19(2,3)18-6-4-17(5-7-18)16-21-12-8-20(9-13-21)10-14-22-15-11-20/h4-7H,8-16H2,1-3H3. The van der Waals surface area contributed by atoms with Crippen LogP contribution in [0.15, 0.2) is 24.3 Å². The van der Waals surface area contributed by atoms with Crippen LogP contribution in [-0.4, -0.2) is 31.2 Å². The van der Waals surface area contributed by atoms with Gasteiger partial charge in [0.05, 0.1) is 0 Å². The van der Waals surface area contributed by atoms with E-state index in [1.54, 1.807) is 0 Å². The molecular formula is C20H31NO. The van der Waals surface area contributed by atoms with Crippen LogP contribution in [0.4, 0.5) is 0 Å². The van der Waals surface area contributed by atoms with Gasteiger partial charge in [-0.05, 0) is 60.7 Å². The Kier molecular flexibility index (Phi) is 4.61. The molecule has 2 heteroatoms. The topological polar surface area (TPSA) is 12.5 Å². The SMILES string of the molecule is CC(C)(C)c1ccc(CN2CCC3(CCOCC3)CC2)cc1. The molecule has 0 aliphatic carbocycles. The van der Waals surface area contributed by atoms with Crippen LogP contribution in [0.3, 0.4) is 0 Å². The van der Waals surface area contributed by atoms with E-state index in [2.05, 4.69) is 49.9 Å². The van der Waals surface area contributed by atoms with Gasteiger partial charge in [0.15, 0.2) is 0 Å². The summed E-state index contributed by atoms with van der Waals surface area (Å²) >= 11 is 0. The molecule has 122 valence electrons. The molecule has 2 aliphatic rings. The molecule has 0 unspecified atom stereocenters. The van der Waals surface area contributed by atoms with Crippen molar-refractivity contribution in [3.63, 3.8) is 0 Å². The third-order valence-electron chi connectivity index (χ3n) is 5.70. The number of ether oxygens (including phenoxy) is 1. The molecule has 0 amide bonds. The van der Waals surface area contributed by atoms with Gasteiger partial charge in [-0.25, -0.2) is 0 Å². The second-order valence-electron chi connectivity index (χ2n) is 8.34. The first-order chi connectivity index (χ1) is 10.5. The van der Waals surface area contributed by atoms with Crippen molar-refractivity contribution in [2.45, 2.75) is 58.4 Å². The molecule has 0 aromatic heterocycles. The zero-order valence-electron chi connectivity index (χ0n) is 14.5. The van der Waals surface area contributed by atoms with E-state index in [1.807, 2.05) is 0 Å². The van der Waals surface area contributed by atoms with Crippen molar-refractivity contribution in [1.82, 2.24) is 4.90 Å². The van der Waals surface area contributed by atoms with Gasteiger partial charge in [-0.3, -0.25) is 4.90 Å². The molecule has 1 aromatic rings. The Morgan fingerprint density at radius 3 is 2.09 bits per heavy atom. The van der Waals surface area contributed by atoms with Gasteiger partial charge < -0.3 is 4.74 Å². The van der Waals surface area contributed by atoms with Crippen LogP contribution < -0.4 is 0 Å². The van der Waals surface area contributed by atoms with E-state index in [9.17, 15) is 0 Å². The van der Waals surface area contributed by atoms with Gasteiger partial charge in [0.25, 0.3) is 0 Å². The van der Waals surface area contributed by atoms with Gasteiger partial charge >= 0.3 is 0 Å². The highest BCUT2D eigenvalue weighted by atomic mass is 16.5.